The minimum atomic E-state index is -1.30. The molecule has 21 heteroatoms. The molecule has 4 aromatic carbocycles. The number of hydrogen-bond donors (Lipinski definition) is 4. The van der Waals surface area contributed by atoms with Crippen molar-refractivity contribution in [1.29, 1.82) is 0 Å². The first-order valence-corrected chi connectivity index (χ1v) is 18.0. The third-order valence-electron chi connectivity index (χ3n) is 9.02. The molecule has 0 saturated heterocycles. The first kappa shape index (κ1) is 43.9. The van der Waals surface area contributed by atoms with Gasteiger partial charge in [0.25, 0.3) is 0 Å². The minimum Gasteiger partial charge on any atom is -0.872 e. The number of benzene rings is 4. The summed E-state index contributed by atoms with van der Waals surface area (Å²) in [6.45, 7) is 1.80. The maximum absolute atomic E-state index is 12.2. The third-order valence-corrected chi connectivity index (χ3v) is 9.60. The van der Waals surface area contributed by atoms with Gasteiger partial charge in [0, 0.05) is 40.2 Å². The van der Waals surface area contributed by atoms with Gasteiger partial charge in [0.05, 0.1) is 33.3 Å². The molecule has 0 aliphatic carbocycles. The second-order valence-electron chi connectivity index (χ2n) is 12.8. The number of aromatic nitrogens is 4. The summed E-state index contributed by atoms with van der Waals surface area (Å²) in [5.74, 6) is -5.09. The maximum Gasteiger partial charge on any atom is 0.338 e. The molecule has 8 aromatic rings. The smallest absolute Gasteiger partial charge is 0.338 e. The monoisotopic (exact) mass is 912 g/mol. The Morgan fingerprint density at radius 3 is 1.53 bits per heavy atom. The van der Waals surface area contributed by atoms with Crippen LogP contribution in [-0.4, -0.2) is 64.2 Å². The van der Waals surface area contributed by atoms with Crippen molar-refractivity contribution in [2.45, 2.75) is 6.92 Å². The zero-order chi connectivity index (χ0) is 43.7. The number of nitrogens with zero attached hydrogens (tertiary/aromatic N) is 8. The van der Waals surface area contributed by atoms with Gasteiger partial charge in [0.2, 0.25) is 0 Å². The van der Waals surface area contributed by atoms with Crippen LogP contribution in [-0.2, 0) is 17.1 Å². The number of carboxylic acids is 4. The number of pyridine rings is 4. The number of aromatic carboxylic acids is 4. The van der Waals surface area contributed by atoms with E-state index in [1.165, 1.54) is 54.7 Å². The van der Waals surface area contributed by atoms with Gasteiger partial charge in [-0.1, -0.05) is 46.8 Å². The van der Waals surface area contributed by atoms with Gasteiger partial charge in [-0.25, -0.2) is 39.1 Å². The molecule has 0 aliphatic rings. The first-order valence-electron chi connectivity index (χ1n) is 17.3. The van der Waals surface area contributed by atoms with Crippen molar-refractivity contribution in [1.82, 2.24) is 19.9 Å². The number of hydrogen-bond acceptors (Lipinski definition) is 14. The molecule has 4 aromatic heterocycles. The van der Waals surface area contributed by atoms with Crippen molar-refractivity contribution in [2.24, 2.45) is 20.5 Å². The molecule has 0 bridgehead atoms. The van der Waals surface area contributed by atoms with Gasteiger partial charge in [-0.15, -0.1) is 20.5 Å². The van der Waals surface area contributed by atoms with Crippen molar-refractivity contribution in [3.05, 3.63) is 129 Å². The van der Waals surface area contributed by atoms with Crippen LogP contribution in [0, 0.1) is 6.92 Å². The normalized spacial score (nSPS) is 11.2. The summed E-state index contributed by atoms with van der Waals surface area (Å²) in [7, 11) is 0. The maximum atomic E-state index is 12.2. The van der Waals surface area contributed by atoms with E-state index in [1.54, 1.807) is 31.3 Å². The molecule has 8 rings (SSSR count). The Morgan fingerprint density at radius 1 is 0.548 bits per heavy atom. The summed E-state index contributed by atoms with van der Waals surface area (Å²) in [5.41, 5.74) is 1.06. The predicted octanol–water partition coefficient (Wildman–Crippen LogP) is 8.95. The van der Waals surface area contributed by atoms with E-state index in [1.807, 2.05) is 0 Å². The number of carboxylic acid groups (broad SMARTS) is 4. The van der Waals surface area contributed by atoms with Crippen molar-refractivity contribution < 1.29 is 66.9 Å². The van der Waals surface area contributed by atoms with E-state index in [4.69, 9.17) is 28.3 Å². The van der Waals surface area contributed by atoms with Crippen LogP contribution in [0.1, 0.15) is 47.0 Å². The van der Waals surface area contributed by atoms with Gasteiger partial charge in [-0.2, -0.15) is 0 Å². The molecule has 0 aliphatic heterocycles. The van der Waals surface area contributed by atoms with Gasteiger partial charge >= 0.3 is 23.9 Å². The molecule has 4 heterocycles. The number of fused-ring (bicyclic) bond motifs is 4. The molecule has 0 amide bonds. The summed E-state index contributed by atoms with van der Waals surface area (Å²) in [4.78, 5) is 61.4. The molecule has 310 valence electrons. The zero-order valence-corrected chi connectivity index (χ0v) is 33.7. The molecular weight excluding hydrogens is 891 g/mol. The number of azo groups is 2. The molecule has 0 spiro atoms. The second-order valence-corrected chi connectivity index (χ2v) is 13.5. The SMILES string of the molecule is Cc1cnc(N=Nc2ccc([O-])c3cc(C(=O)O)c(Cl)nc23)c2ccc(C(=O)O)cc12.O=C(O)c1ccc2c(N=Nc3ccc([O-])c4cc(C(=O)O)c(Cl)nc34)nccc2c1.[Fe]. The van der Waals surface area contributed by atoms with Gasteiger partial charge in [-0.05, 0) is 101 Å². The van der Waals surface area contributed by atoms with Crippen molar-refractivity contribution in [2.75, 3.05) is 0 Å². The van der Waals surface area contributed by atoms with Crippen molar-refractivity contribution in [3.8, 4) is 11.5 Å². The fourth-order valence-corrected chi connectivity index (χ4v) is 6.45. The molecule has 0 saturated carbocycles. The van der Waals surface area contributed by atoms with E-state index in [-0.39, 0.29) is 94.4 Å². The van der Waals surface area contributed by atoms with Crippen LogP contribution in [0.4, 0.5) is 23.0 Å². The average molecular weight is 913 g/mol. The molecule has 4 N–H and O–H groups in total. The fraction of sp³-hybridized carbons (Fsp3) is 0.0244. The largest absolute Gasteiger partial charge is 0.872 e. The van der Waals surface area contributed by atoms with Gasteiger partial charge in [0.15, 0.2) is 11.6 Å². The second kappa shape index (κ2) is 17.9. The summed E-state index contributed by atoms with van der Waals surface area (Å²) in [5, 5.41) is 79.6. The van der Waals surface area contributed by atoms with E-state index in [0.717, 1.165) is 17.7 Å². The number of carbonyl (C=O) groups is 4. The van der Waals surface area contributed by atoms with Crippen LogP contribution in [0.2, 0.25) is 10.3 Å². The summed E-state index contributed by atoms with van der Waals surface area (Å²) < 4.78 is 0. The molecule has 18 nitrogen and oxygen atoms in total. The first-order chi connectivity index (χ1) is 29.1. The Morgan fingerprint density at radius 2 is 1.03 bits per heavy atom. The Bertz CT molecular complexity index is 3260. The van der Waals surface area contributed by atoms with E-state index in [0.29, 0.717) is 21.5 Å². The molecule has 0 atom stereocenters. The van der Waals surface area contributed by atoms with E-state index >= 15 is 0 Å². The van der Waals surface area contributed by atoms with E-state index in [9.17, 15) is 44.7 Å². The van der Waals surface area contributed by atoms with Crippen molar-refractivity contribution in [3.63, 3.8) is 0 Å². The molecule has 0 fully saturated rings. The zero-order valence-electron chi connectivity index (χ0n) is 31.1. The van der Waals surface area contributed by atoms with E-state index in [2.05, 4.69) is 40.4 Å². The average Bonchev–Trinajstić information content (AvgIpc) is 3.23. The number of aryl methyl sites for hydroxylation is 1. The van der Waals surface area contributed by atoms with Crippen LogP contribution in [0.25, 0.3) is 43.4 Å². The Hall–Kier alpha value is -7.70. The fourth-order valence-electron chi connectivity index (χ4n) is 6.01. The van der Waals surface area contributed by atoms with Crippen LogP contribution in [0.15, 0.2) is 112 Å². The molecule has 62 heavy (non-hydrogen) atoms. The Kier molecular flexibility index (Phi) is 12.7. The predicted molar refractivity (Wildman–Crippen MR) is 217 cm³/mol. The van der Waals surface area contributed by atoms with Crippen LogP contribution in [0.3, 0.4) is 0 Å². The molecular formula is C41H22Cl2FeN8O10-2. The van der Waals surface area contributed by atoms with E-state index < -0.39 is 35.4 Å². The van der Waals surface area contributed by atoms with Crippen molar-refractivity contribution >= 4 is 113 Å². The molecule has 0 radical (unpaired) electrons. The quantitative estimate of drug-likeness (QED) is 0.0628. The summed E-state index contributed by atoms with van der Waals surface area (Å²) in [6, 6.07) is 18.3. The van der Waals surface area contributed by atoms with Gasteiger partial charge < -0.3 is 30.6 Å². The van der Waals surface area contributed by atoms with Crippen LogP contribution < -0.4 is 10.2 Å². The van der Waals surface area contributed by atoms with Crippen LogP contribution >= 0.6 is 23.2 Å². The third kappa shape index (κ3) is 8.77. The summed E-state index contributed by atoms with van der Waals surface area (Å²) >= 11 is 11.9. The minimum absolute atomic E-state index is 0. The van der Waals surface area contributed by atoms with Gasteiger partial charge in [0.1, 0.15) is 21.7 Å². The topological polar surface area (TPSA) is 296 Å². The summed E-state index contributed by atoms with van der Waals surface area (Å²) in [6.07, 6.45) is 3.02. The number of halogens is 2. The van der Waals surface area contributed by atoms with Crippen LogP contribution in [0.5, 0.6) is 11.5 Å². The Labute approximate surface area is 367 Å². The molecule has 0 unspecified atom stereocenters. The van der Waals surface area contributed by atoms with Gasteiger partial charge in [-0.3, -0.25) is 0 Å². The standard InChI is InChI=1S/C21H13ClN4O5.C20H11ClN4O5.Fe/c1-9-8-23-19(11-3-2-10(20(28)29)6-12(9)11)26-25-15-4-5-16(27)13-7-14(21(30)31)18(22)24-17(13)15;21-17-13(20(29)30)8-12-15(26)4-3-14(16(12)23-17)24-25-18-11-2-1-10(19(27)28)7-9(11)5-6-22-18;/h2-8,27H,1H3,(H,28,29)(H,30,31);1-8,26H,(H,27,28)(H,29,30);/p-2. The Balaban J connectivity index is 0.000000204. The number of rotatable bonds is 8.